The maximum absolute atomic E-state index is 5.72. The molecule has 0 bridgehead atoms. The lowest BCUT2D eigenvalue weighted by molar-refractivity contribution is 0.242. The fourth-order valence-electron chi connectivity index (χ4n) is 2.40. The molecule has 0 atom stereocenters. The topological polar surface area (TPSA) is 24.5 Å². The van der Waals surface area contributed by atoms with Gasteiger partial charge < -0.3 is 15.0 Å². The quantitative estimate of drug-likeness (QED) is 0.781. The van der Waals surface area contributed by atoms with Crippen molar-refractivity contribution in [1.29, 1.82) is 0 Å². The lowest BCUT2D eigenvalue weighted by Gasteiger charge is -2.23. The Morgan fingerprint density at radius 3 is 2.50 bits per heavy atom. The van der Waals surface area contributed by atoms with Crippen LogP contribution in [0.5, 0.6) is 5.75 Å². The van der Waals surface area contributed by atoms with E-state index in [4.69, 9.17) is 4.74 Å². The number of benzene rings is 2. The molecule has 0 aliphatic heterocycles. The van der Waals surface area contributed by atoms with Crippen molar-refractivity contribution in [3.05, 3.63) is 54.6 Å². The Bertz CT molecular complexity index is 554. The Morgan fingerprint density at radius 1 is 1.05 bits per heavy atom. The van der Waals surface area contributed by atoms with Gasteiger partial charge in [0.25, 0.3) is 0 Å². The number of para-hydroxylation sites is 1. The molecule has 22 heavy (non-hydrogen) atoms. The third-order valence-electron chi connectivity index (χ3n) is 3.42. The van der Waals surface area contributed by atoms with E-state index >= 15 is 0 Å². The highest BCUT2D eigenvalue weighted by Gasteiger charge is 2.03. The SMILES string of the molecule is CCN(CCNc1cccc(OC(C)C)c1)c1ccccc1. The number of nitrogens with zero attached hydrogens (tertiary/aromatic N) is 1. The Labute approximate surface area is 133 Å². The van der Waals surface area contributed by atoms with Crippen LogP contribution in [0.3, 0.4) is 0 Å². The van der Waals surface area contributed by atoms with Gasteiger partial charge >= 0.3 is 0 Å². The van der Waals surface area contributed by atoms with Crippen molar-refractivity contribution in [3.63, 3.8) is 0 Å². The summed E-state index contributed by atoms with van der Waals surface area (Å²) in [5.41, 5.74) is 2.37. The van der Waals surface area contributed by atoms with Crippen LogP contribution in [0.2, 0.25) is 0 Å². The zero-order valence-electron chi connectivity index (χ0n) is 13.8. The Kier molecular flexibility index (Phi) is 6.13. The highest BCUT2D eigenvalue weighted by molar-refractivity contribution is 5.49. The smallest absolute Gasteiger partial charge is 0.121 e. The predicted molar refractivity (Wildman–Crippen MR) is 95.0 cm³/mol. The van der Waals surface area contributed by atoms with Gasteiger partial charge in [-0.25, -0.2) is 0 Å². The first-order chi connectivity index (χ1) is 10.7. The van der Waals surface area contributed by atoms with Gasteiger partial charge in [-0.1, -0.05) is 24.3 Å². The molecule has 0 heterocycles. The van der Waals surface area contributed by atoms with E-state index in [0.29, 0.717) is 0 Å². The monoisotopic (exact) mass is 298 g/mol. The van der Waals surface area contributed by atoms with Crippen LogP contribution in [-0.2, 0) is 0 Å². The molecule has 2 aromatic rings. The van der Waals surface area contributed by atoms with Crippen LogP contribution in [0.25, 0.3) is 0 Å². The molecule has 0 saturated heterocycles. The number of nitrogens with one attached hydrogen (secondary N) is 1. The van der Waals surface area contributed by atoms with Gasteiger partial charge in [-0.3, -0.25) is 0 Å². The molecule has 0 radical (unpaired) electrons. The number of hydrogen-bond donors (Lipinski definition) is 1. The third kappa shape index (κ3) is 4.99. The molecule has 0 aliphatic rings. The highest BCUT2D eigenvalue weighted by atomic mass is 16.5. The van der Waals surface area contributed by atoms with E-state index in [1.807, 2.05) is 26.0 Å². The summed E-state index contributed by atoms with van der Waals surface area (Å²) in [7, 11) is 0. The van der Waals surface area contributed by atoms with Gasteiger partial charge in [0.05, 0.1) is 6.10 Å². The molecule has 3 heteroatoms. The maximum atomic E-state index is 5.72. The van der Waals surface area contributed by atoms with E-state index in [1.54, 1.807) is 0 Å². The van der Waals surface area contributed by atoms with E-state index in [0.717, 1.165) is 31.1 Å². The largest absolute Gasteiger partial charge is 0.491 e. The summed E-state index contributed by atoms with van der Waals surface area (Å²) < 4.78 is 5.72. The van der Waals surface area contributed by atoms with Crippen molar-refractivity contribution in [2.75, 3.05) is 29.9 Å². The highest BCUT2D eigenvalue weighted by Crippen LogP contribution is 2.18. The molecule has 0 fully saturated rings. The fourth-order valence-corrected chi connectivity index (χ4v) is 2.40. The zero-order chi connectivity index (χ0) is 15.8. The van der Waals surface area contributed by atoms with Crippen LogP contribution in [0.1, 0.15) is 20.8 Å². The number of likely N-dealkylation sites (N-methyl/N-ethyl adjacent to an activating group) is 1. The number of rotatable bonds is 8. The second kappa shape index (κ2) is 8.32. The van der Waals surface area contributed by atoms with Gasteiger partial charge in [0.15, 0.2) is 0 Å². The average Bonchev–Trinajstić information content (AvgIpc) is 2.52. The Hall–Kier alpha value is -2.16. The van der Waals surface area contributed by atoms with Crippen LogP contribution in [0, 0.1) is 0 Å². The van der Waals surface area contributed by atoms with E-state index in [-0.39, 0.29) is 6.10 Å². The molecule has 0 spiro atoms. The lowest BCUT2D eigenvalue weighted by Crippen LogP contribution is -2.28. The van der Waals surface area contributed by atoms with Crippen molar-refractivity contribution >= 4 is 11.4 Å². The van der Waals surface area contributed by atoms with Crippen LogP contribution >= 0.6 is 0 Å². The first kappa shape index (κ1) is 16.2. The number of ether oxygens (including phenoxy) is 1. The second-order valence-electron chi connectivity index (χ2n) is 5.54. The summed E-state index contributed by atoms with van der Waals surface area (Å²) in [5.74, 6) is 0.912. The summed E-state index contributed by atoms with van der Waals surface area (Å²) in [6.07, 6.45) is 0.198. The van der Waals surface area contributed by atoms with Crippen LogP contribution in [-0.4, -0.2) is 25.7 Å². The molecule has 1 N–H and O–H groups in total. The molecule has 2 aromatic carbocycles. The molecule has 0 unspecified atom stereocenters. The van der Waals surface area contributed by atoms with Crippen molar-refractivity contribution < 1.29 is 4.74 Å². The Morgan fingerprint density at radius 2 is 1.82 bits per heavy atom. The van der Waals surface area contributed by atoms with E-state index in [1.165, 1.54) is 5.69 Å². The average molecular weight is 298 g/mol. The standard InChI is InChI=1S/C19H26N2O/c1-4-21(18-10-6-5-7-11-18)14-13-20-17-9-8-12-19(15-17)22-16(2)3/h5-12,15-16,20H,4,13-14H2,1-3H3. The maximum Gasteiger partial charge on any atom is 0.121 e. The van der Waals surface area contributed by atoms with Gasteiger partial charge in [-0.05, 0) is 45.0 Å². The molecule has 3 nitrogen and oxygen atoms in total. The summed E-state index contributed by atoms with van der Waals surface area (Å²) >= 11 is 0. The van der Waals surface area contributed by atoms with Gasteiger partial charge in [0.1, 0.15) is 5.75 Å². The van der Waals surface area contributed by atoms with Crippen molar-refractivity contribution in [3.8, 4) is 5.75 Å². The van der Waals surface area contributed by atoms with Crippen molar-refractivity contribution in [2.24, 2.45) is 0 Å². The number of anilines is 2. The minimum absolute atomic E-state index is 0.198. The van der Waals surface area contributed by atoms with E-state index in [9.17, 15) is 0 Å². The molecule has 0 amide bonds. The van der Waals surface area contributed by atoms with E-state index < -0.39 is 0 Å². The van der Waals surface area contributed by atoms with Crippen LogP contribution < -0.4 is 15.0 Å². The van der Waals surface area contributed by atoms with Gasteiger partial charge in [-0.2, -0.15) is 0 Å². The predicted octanol–water partition coefficient (Wildman–Crippen LogP) is 4.41. The van der Waals surface area contributed by atoms with Crippen molar-refractivity contribution in [1.82, 2.24) is 0 Å². The van der Waals surface area contributed by atoms with Crippen molar-refractivity contribution in [2.45, 2.75) is 26.9 Å². The van der Waals surface area contributed by atoms with Crippen LogP contribution in [0.15, 0.2) is 54.6 Å². The summed E-state index contributed by atoms with van der Waals surface area (Å²) in [5, 5.41) is 3.47. The van der Waals surface area contributed by atoms with Crippen LogP contribution in [0.4, 0.5) is 11.4 Å². The third-order valence-corrected chi connectivity index (χ3v) is 3.42. The van der Waals surface area contributed by atoms with E-state index in [2.05, 4.69) is 59.6 Å². The normalized spacial score (nSPS) is 10.5. The molecule has 2 rings (SSSR count). The second-order valence-corrected chi connectivity index (χ2v) is 5.54. The molecule has 0 saturated carbocycles. The molecular formula is C19H26N2O. The molecule has 0 aliphatic carbocycles. The zero-order valence-corrected chi connectivity index (χ0v) is 13.8. The molecular weight excluding hydrogens is 272 g/mol. The minimum atomic E-state index is 0.198. The molecule has 0 aromatic heterocycles. The summed E-state index contributed by atoms with van der Waals surface area (Å²) in [6, 6.07) is 18.7. The summed E-state index contributed by atoms with van der Waals surface area (Å²) in [6.45, 7) is 9.13. The Balaban J connectivity index is 1.87. The first-order valence-electron chi connectivity index (χ1n) is 7.99. The van der Waals surface area contributed by atoms with Gasteiger partial charge in [0, 0.05) is 37.1 Å². The van der Waals surface area contributed by atoms with Gasteiger partial charge in [0.2, 0.25) is 0 Å². The number of hydrogen-bond acceptors (Lipinski definition) is 3. The lowest BCUT2D eigenvalue weighted by atomic mass is 10.2. The molecule has 118 valence electrons. The van der Waals surface area contributed by atoms with Gasteiger partial charge in [-0.15, -0.1) is 0 Å². The fraction of sp³-hybridized carbons (Fsp3) is 0.368. The minimum Gasteiger partial charge on any atom is -0.491 e. The summed E-state index contributed by atoms with van der Waals surface area (Å²) in [4.78, 5) is 2.36. The first-order valence-corrected chi connectivity index (χ1v) is 7.99.